The summed E-state index contributed by atoms with van der Waals surface area (Å²) in [7, 11) is 0. The van der Waals surface area contributed by atoms with Gasteiger partial charge in [-0.2, -0.15) is 0 Å². The summed E-state index contributed by atoms with van der Waals surface area (Å²) in [5.74, 6) is 0.0290. The van der Waals surface area contributed by atoms with Crippen LogP contribution in [0.3, 0.4) is 0 Å². The number of hydrogen-bond donors (Lipinski definition) is 0. The summed E-state index contributed by atoms with van der Waals surface area (Å²) in [4.78, 5) is 23.4. The van der Waals surface area contributed by atoms with Crippen LogP contribution in [0.2, 0.25) is 9.36 Å². The standard InChI is InChI=1S/C24H19Cl2N3OS/c25-18-6-2-4-8-21(18)28-11-13-29(14-12-28)24(30)17-15-20(22-9-10-23(26)31-22)27-19-7-3-1-5-16(17)19/h1-10,15H,11-14H2. The van der Waals surface area contributed by atoms with Gasteiger partial charge in [0.2, 0.25) is 0 Å². The van der Waals surface area contributed by atoms with E-state index in [0.29, 0.717) is 23.0 Å². The van der Waals surface area contributed by atoms with Crippen LogP contribution in [0.15, 0.2) is 66.7 Å². The summed E-state index contributed by atoms with van der Waals surface area (Å²) in [5, 5.41) is 1.61. The molecule has 4 aromatic rings. The molecule has 0 atom stereocenters. The van der Waals surface area contributed by atoms with Gasteiger partial charge in [-0.05, 0) is 36.4 Å². The molecule has 0 bridgehead atoms. The number of nitrogens with zero attached hydrogens (tertiary/aromatic N) is 3. The molecule has 0 aliphatic carbocycles. The number of anilines is 1. The zero-order valence-electron chi connectivity index (χ0n) is 16.6. The quantitative estimate of drug-likeness (QED) is 0.358. The number of amides is 1. The lowest BCUT2D eigenvalue weighted by Gasteiger charge is -2.36. The van der Waals surface area contributed by atoms with E-state index in [1.54, 1.807) is 0 Å². The van der Waals surface area contributed by atoms with Crippen molar-refractivity contribution in [3.8, 4) is 10.6 Å². The van der Waals surface area contributed by atoms with Crippen LogP contribution in [0, 0.1) is 0 Å². The molecule has 1 amide bonds. The van der Waals surface area contributed by atoms with Crippen molar-refractivity contribution in [3.05, 3.63) is 81.7 Å². The molecule has 1 aliphatic heterocycles. The zero-order valence-corrected chi connectivity index (χ0v) is 18.9. The first-order valence-electron chi connectivity index (χ1n) is 10.0. The number of benzene rings is 2. The van der Waals surface area contributed by atoms with Gasteiger partial charge in [-0.25, -0.2) is 4.98 Å². The second kappa shape index (κ2) is 8.50. The molecule has 2 aromatic carbocycles. The number of thiophene rings is 1. The Labute approximate surface area is 194 Å². The summed E-state index contributed by atoms with van der Waals surface area (Å²) < 4.78 is 0.702. The van der Waals surface area contributed by atoms with E-state index in [-0.39, 0.29) is 5.91 Å². The second-order valence-corrected chi connectivity index (χ2v) is 9.53. The summed E-state index contributed by atoms with van der Waals surface area (Å²) >= 11 is 14.0. The average Bonchev–Trinajstić information content (AvgIpc) is 3.25. The Morgan fingerprint density at radius 1 is 0.903 bits per heavy atom. The van der Waals surface area contributed by atoms with E-state index in [0.717, 1.165) is 45.3 Å². The fourth-order valence-electron chi connectivity index (χ4n) is 3.96. The lowest BCUT2D eigenvalue weighted by atomic mass is 10.1. The van der Waals surface area contributed by atoms with Gasteiger partial charge in [0, 0.05) is 31.6 Å². The van der Waals surface area contributed by atoms with Gasteiger partial charge in [0.05, 0.1) is 36.7 Å². The molecular formula is C24H19Cl2N3OS. The first-order chi connectivity index (χ1) is 15.1. The zero-order chi connectivity index (χ0) is 21.4. The highest BCUT2D eigenvalue weighted by Crippen LogP contribution is 2.33. The third-order valence-electron chi connectivity index (χ3n) is 5.53. The lowest BCUT2D eigenvalue weighted by molar-refractivity contribution is 0.0749. The molecule has 2 aromatic heterocycles. The van der Waals surface area contributed by atoms with Crippen molar-refractivity contribution < 1.29 is 4.79 Å². The topological polar surface area (TPSA) is 36.4 Å². The molecule has 0 radical (unpaired) electrons. The number of carbonyl (C=O) groups excluding carboxylic acids is 1. The molecule has 1 aliphatic rings. The number of aromatic nitrogens is 1. The third-order valence-corrected chi connectivity index (χ3v) is 7.11. The minimum absolute atomic E-state index is 0.0290. The molecule has 31 heavy (non-hydrogen) atoms. The van der Waals surface area contributed by atoms with E-state index in [1.807, 2.05) is 71.6 Å². The van der Waals surface area contributed by atoms with E-state index in [2.05, 4.69) is 4.90 Å². The van der Waals surface area contributed by atoms with Gasteiger partial charge in [-0.15, -0.1) is 11.3 Å². The van der Waals surface area contributed by atoms with Crippen molar-refractivity contribution in [2.45, 2.75) is 0 Å². The van der Waals surface area contributed by atoms with E-state index in [4.69, 9.17) is 28.2 Å². The van der Waals surface area contributed by atoms with Crippen LogP contribution in [0.1, 0.15) is 10.4 Å². The Kier molecular flexibility index (Phi) is 5.57. The van der Waals surface area contributed by atoms with Gasteiger partial charge in [0.25, 0.3) is 5.91 Å². The Morgan fingerprint density at radius 3 is 2.39 bits per heavy atom. The molecule has 5 rings (SSSR count). The van der Waals surface area contributed by atoms with E-state index >= 15 is 0 Å². The fourth-order valence-corrected chi connectivity index (χ4v) is 5.22. The monoisotopic (exact) mass is 467 g/mol. The van der Waals surface area contributed by atoms with Crippen LogP contribution >= 0.6 is 34.5 Å². The first-order valence-corrected chi connectivity index (χ1v) is 11.6. The normalized spacial score (nSPS) is 14.3. The molecule has 0 spiro atoms. The molecule has 0 N–H and O–H groups in total. The van der Waals surface area contributed by atoms with Crippen LogP contribution in [-0.2, 0) is 0 Å². The van der Waals surface area contributed by atoms with Crippen LogP contribution < -0.4 is 4.90 Å². The molecule has 4 nitrogen and oxygen atoms in total. The largest absolute Gasteiger partial charge is 0.367 e. The van der Waals surface area contributed by atoms with Crippen molar-refractivity contribution >= 4 is 57.0 Å². The number of carbonyl (C=O) groups is 1. The first kappa shape index (κ1) is 20.3. The maximum absolute atomic E-state index is 13.5. The maximum Gasteiger partial charge on any atom is 0.254 e. The number of fused-ring (bicyclic) bond motifs is 1. The van der Waals surface area contributed by atoms with Crippen LogP contribution in [0.4, 0.5) is 5.69 Å². The highest BCUT2D eigenvalue weighted by atomic mass is 35.5. The molecule has 1 fully saturated rings. The molecule has 156 valence electrons. The highest BCUT2D eigenvalue weighted by molar-refractivity contribution is 7.19. The minimum atomic E-state index is 0.0290. The Bertz CT molecular complexity index is 1260. The summed E-state index contributed by atoms with van der Waals surface area (Å²) in [6.07, 6.45) is 0. The molecule has 0 unspecified atom stereocenters. The number of halogens is 2. The molecule has 0 saturated carbocycles. The number of piperazine rings is 1. The molecule has 1 saturated heterocycles. The van der Waals surface area contributed by atoms with Gasteiger partial charge < -0.3 is 9.80 Å². The highest BCUT2D eigenvalue weighted by Gasteiger charge is 2.25. The van der Waals surface area contributed by atoms with E-state index in [9.17, 15) is 4.79 Å². The van der Waals surface area contributed by atoms with Gasteiger partial charge in [0.1, 0.15) is 0 Å². The number of hydrogen-bond acceptors (Lipinski definition) is 4. The maximum atomic E-state index is 13.5. The van der Waals surface area contributed by atoms with Crippen LogP contribution in [0.25, 0.3) is 21.5 Å². The van der Waals surface area contributed by atoms with Gasteiger partial charge in [-0.3, -0.25) is 4.79 Å². The Hall–Kier alpha value is -2.60. The van der Waals surface area contributed by atoms with Crippen LogP contribution in [-0.4, -0.2) is 42.0 Å². The van der Waals surface area contributed by atoms with Crippen molar-refractivity contribution in [2.24, 2.45) is 0 Å². The minimum Gasteiger partial charge on any atom is -0.367 e. The van der Waals surface area contributed by atoms with Crippen molar-refractivity contribution in [2.75, 3.05) is 31.1 Å². The lowest BCUT2D eigenvalue weighted by Crippen LogP contribution is -2.49. The SMILES string of the molecule is O=C(c1cc(-c2ccc(Cl)s2)nc2ccccc12)N1CCN(c2ccccc2Cl)CC1. The van der Waals surface area contributed by atoms with Gasteiger partial charge in [-0.1, -0.05) is 53.5 Å². The van der Waals surface area contributed by atoms with Crippen molar-refractivity contribution in [3.63, 3.8) is 0 Å². The predicted octanol–water partition coefficient (Wildman–Crippen LogP) is 6.23. The summed E-state index contributed by atoms with van der Waals surface area (Å²) in [6, 6.07) is 21.3. The molecule has 3 heterocycles. The molecular weight excluding hydrogens is 449 g/mol. The average molecular weight is 468 g/mol. The molecule has 7 heteroatoms. The smallest absolute Gasteiger partial charge is 0.254 e. The van der Waals surface area contributed by atoms with E-state index < -0.39 is 0 Å². The Balaban J connectivity index is 1.44. The predicted molar refractivity (Wildman–Crippen MR) is 130 cm³/mol. The number of pyridine rings is 1. The van der Waals surface area contributed by atoms with Crippen molar-refractivity contribution in [1.82, 2.24) is 9.88 Å². The van der Waals surface area contributed by atoms with E-state index in [1.165, 1.54) is 11.3 Å². The number of rotatable bonds is 3. The Morgan fingerprint density at radius 2 is 1.65 bits per heavy atom. The summed E-state index contributed by atoms with van der Waals surface area (Å²) in [6.45, 7) is 2.76. The summed E-state index contributed by atoms with van der Waals surface area (Å²) in [5.41, 5.74) is 3.27. The third kappa shape index (κ3) is 4.01. The number of para-hydroxylation sites is 2. The van der Waals surface area contributed by atoms with Gasteiger partial charge >= 0.3 is 0 Å². The van der Waals surface area contributed by atoms with Crippen molar-refractivity contribution in [1.29, 1.82) is 0 Å². The second-order valence-electron chi connectivity index (χ2n) is 7.41. The van der Waals surface area contributed by atoms with Crippen LogP contribution in [0.5, 0.6) is 0 Å². The fraction of sp³-hybridized carbons (Fsp3) is 0.167. The van der Waals surface area contributed by atoms with Gasteiger partial charge in [0.15, 0.2) is 0 Å².